The zero-order valence-electron chi connectivity index (χ0n) is 20.1. The lowest BCUT2D eigenvalue weighted by atomic mass is 9.96. The molecule has 174 valence electrons. The fraction of sp³-hybridized carbons (Fsp3) is 0. The SMILES string of the molecule is c1ccc(-c2cccc(-c3ccc(-c4cccc(-c5cccc6c5oc5ccccc56)c4)cc3)c2)nc1. The van der Waals surface area contributed by atoms with Gasteiger partial charge in [-0.25, -0.2) is 0 Å². The van der Waals surface area contributed by atoms with Crippen LogP contribution in [0.3, 0.4) is 0 Å². The van der Waals surface area contributed by atoms with Crippen LogP contribution in [0.15, 0.2) is 144 Å². The second-order valence-electron chi connectivity index (χ2n) is 9.23. The highest BCUT2D eigenvalue weighted by Crippen LogP contribution is 2.37. The van der Waals surface area contributed by atoms with Crippen molar-refractivity contribution in [1.29, 1.82) is 0 Å². The average molecular weight is 474 g/mol. The molecule has 7 rings (SSSR count). The topological polar surface area (TPSA) is 26.0 Å². The molecule has 0 radical (unpaired) electrons. The largest absolute Gasteiger partial charge is 0.455 e. The van der Waals surface area contributed by atoms with Gasteiger partial charge in [-0.3, -0.25) is 4.98 Å². The molecule has 0 aliphatic carbocycles. The highest BCUT2D eigenvalue weighted by molar-refractivity contribution is 6.09. The summed E-state index contributed by atoms with van der Waals surface area (Å²) in [6, 6.07) is 46.6. The number of para-hydroxylation sites is 2. The first-order chi connectivity index (χ1) is 18.3. The van der Waals surface area contributed by atoms with E-state index in [0.717, 1.165) is 44.3 Å². The molecule has 0 atom stereocenters. The first-order valence-electron chi connectivity index (χ1n) is 12.5. The molecule has 2 heteroatoms. The minimum absolute atomic E-state index is 0.920. The van der Waals surface area contributed by atoms with E-state index in [2.05, 4.69) is 108 Å². The molecule has 5 aromatic carbocycles. The van der Waals surface area contributed by atoms with E-state index in [-0.39, 0.29) is 0 Å². The molecular formula is C35H23NO. The second kappa shape index (κ2) is 8.92. The monoisotopic (exact) mass is 473 g/mol. The summed E-state index contributed by atoms with van der Waals surface area (Å²) in [6.45, 7) is 0. The number of rotatable bonds is 4. The zero-order valence-corrected chi connectivity index (χ0v) is 20.1. The Morgan fingerprint density at radius 2 is 1.05 bits per heavy atom. The first kappa shape index (κ1) is 21.3. The maximum atomic E-state index is 6.29. The molecule has 0 N–H and O–H groups in total. The predicted octanol–water partition coefficient (Wildman–Crippen LogP) is 9.65. The van der Waals surface area contributed by atoms with Gasteiger partial charge in [-0.15, -0.1) is 0 Å². The summed E-state index contributed by atoms with van der Waals surface area (Å²) >= 11 is 0. The van der Waals surface area contributed by atoms with E-state index in [1.807, 2.05) is 36.5 Å². The minimum atomic E-state index is 0.920. The zero-order chi connectivity index (χ0) is 24.6. The molecule has 0 saturated heterocycles. The van der Waals surface area contributed by atoms with Crippen molar-refractivity contribution in [3.63, 3.8) is 0 Å². The summed E-state index contributed by atoms with van der Waals surface area (Å²) in [7, 11) is 0. The molecule has 0 spiro atoms. The Bertz CT molecular complexity index is 1860. The summed E-state index contributed by atoms with van der Waals surface area (Å²) in [6.07, 6.45) is 1.83. The van der Waals surface area contributed by atoms with Gasteiger partial charge < -0.3 is 4.42 Å². The van der Waals surface area contributed by atoms with Crippen molar-refractivity contribution in [2.24, 2.45) is 0 Å². The number of aromatic nitrogens is 1. The summed E-state index contributed by atoms with van der Waals surface area (Å²) < 4.78 is 6.29. The van der Waals surface area contributed by atoms with Gasteiger partial charge in [0, 0.05) is 28.1 Å². The highest BCUT2D eigenvalue weighted by atomic mass is 16.3. The Morgan fingerprint density at radius 1 is 0.432 bits per heavy atom. The van der Waals surface area contributed by atoms with Gasteiger partial charge in [0.1, 0.15) is 11.2 Å². The van der Waals surface area contributed by atoms with Gasteiger partial charge in [-0.2, -0.15) is 0 Å². The first-order valence-corrected chi connectivity index (χ1v) is 12.5. The van der Waals surface area contributed by atoms with Gasteiger partial charge in [-0.05, 0) is 58.1 Å². The van der Waals surface area contributed by atoms with Crippen molar-refractivity contribution in [3.05, 3.63) is 140 Å². The molecule has 7 aromatic rings. The van der Waals surface area contributed by atoms with Crippen LogP contribution in [0, 0.1) is 0 Å². The number of pyridine rings is 1. The third-order valence-corrected chi connectivity index (χ3v) is 6.95. The molecule has 0 bridgehead atoms. The Balaban J connectivity index is 1.23. The predicted molar refractivity (Wildman–Crippen MR) is 153 cm³/mol. The number of nitrogens with zero attached hydrogens (tertiary/aromatic N) is 1. The van der Waals surface area contributed by atoms with E-state index in [4.69, 9.17) is 4.42 Å². The van der Waals surface area contributed by atoms with Crippen molar-refractivity contribution in [2.75, 3.05) is 0 Å². The smallest absolute Gasteiger partial charge is 0.143 e. The van der Waals surface area contributed by atoms with Gasteiger partial charge in [0.05, 0.1) is 5.69 Å². The van der Waals surface area contributed by atoms with Crippen molar-refractivity contribution in [1.82, 2.24) is 4.98 Å². The fourth-order valence-corrected chi connectivity index (χ4v) is 5.09. The summed E-state index contributed by atoms with van der Waals surface area (Å²) in [5.41, 5.74) is 10.9. The maximum Gasteiger partial charge on any atom is 0.143 e. The van der Waals surface area contributed by atoms with Crippen LogP contribution in [0.25, 0.3) is 66.6 Å². The highest BCUT2D eigenvalue weighted by Gasteiger charge is 2.12. The number of furan rings is 1. The van der Waals surface area contributed by atoms with Crippen LogP contribution in [0.1, 0.15) is 0 Å². The van der Waals surface area contributed by atoms with Crippen LogP contribution in [0.4, 0.5) is 0 Å². The number of hydrogen-bond acceptors (Lipinski definition) is 2. The normalized spacial score (nSPS) is 11.2. The second-order valence-corrected chi connectivity index (χ2v) is 9.23. The van der Waals surface area contributed by atoms with E-state index in [1.54, 1.807) is 0 Å². The molecular weight excluding hydrogens is 450 g/mol. The average Bonchev–Trinajstić information content (AvgIpc) is 3.37. The fourth-order valence-electron chi connectivity index (χ4n) is 5.09. The van der Waals surface area contributed by atoms with Crippen LogP contribution < -0.4 is 0 Å². The lowest BCUT2D eigenvalue weighted by Crippen LogP contribution is -1.85. The van der Waals surface area contributed by atoms with Crippen LogP contribution in [-0.4, -0.2) is 4.98 Å². The third-order valence-electron chi connectivity index (χ3n) is 6.95. The van der Waals surface area contributed by atoms with Crippen LogP contribution >= 0.6 is 0 Å². The molecule has 2 nitrogen and oxygen atoms in total. The van der Waals surface area contributed by atoms with Gasteiger partial charge in [0.25, 0.3) is 0 Å². The van der Waals surface area contributed by atoms with Gasteiger partial charge in [0.15, 0.2) is 0 Å². The summed E-state index contributed by atoms with van der Waals surface area (Å²) in [5.74, 6) is 0. The maximum absolute atomic E-state index is 6.29. The molecule has 0 aliphatic rings. The van der Waals surface area contributed by atoms with Crippen LogP contribution in [0.5, 0.6) is 0 Å². The molecule has 0 saturated carbocycles. The molecule has 37 heavy (non-hydrogen) atoms. The number of hydrogen-bond donors (Lipinski definition) is 0. The van der Waals surface area contributed by atoms with E-state index < -0.39 is 0 Å². The Morgan fingerprint density at radius 3 is 1.81 bits per heavy atom. The molecule has 0 amide bonds. The van der Waals surface area contributed by atoms with E-state index in [0.29, 0.717) is 0 Å². The molecule has 2 heterocycles. The Labute approximate surface area is 215 Å². The standard InChI is InChI=1S/C35H23NO/c1-2-16-34-31(12-1)32-14-7-13-30(35(32)37-34)28-10-5-8-26(22-28)24-17-19-25(20-18-24)27-9-6-11-29(23-27)33-15-3-4-21-36-33/h1-23H. The number of fused-ring (bicyclic) bond motifs is 3. The van der Waals surface area contributed by atoms with Crippen molar-refractivity contribution >= 4 is 21.9 Å². The summed E-state index contributed by atoms with van der Waals surface area (Å²) in [5, 5.41) is 2.30. The number of benzene rings is 5. The van der Waals surface area contributed by atoms with E-state index >= 15 is 0 Å². The minimum Gasteiger partial charge on any atom is -0.455 e. The van der Waals surface area contributed by atoms with Gasteiger partial charge in [0.2, 0.25) is 0 Å². The van der Waals surface area contributed by atoms with Crippen molar-refractivity contribution in [2.45, 2.75) is 0 Å². The Kier molecular flexibility index (Phi) is 5.15. The molecule has 0 unspecified atom stereocenters. The van der Waals surface area contributed by atoms with Gasteiger partial charge in [-0.1, -0.05) is 103 Å². The molecule has 0 fully saturated rings. The third kappa shape index (κ3) is 3.89. The lowest BCUT2D eigenvalue weighted by Gasteiger charge is -2.09. The lowest BCUT2D eigenvalue weighted by molar-refractivity contribution is 0.670. The molecule has 0 aliphatic heterocycles. The summed E-state index contributed by atoms with van der Waals surface area (Å²) in [4.78, 5) is 4.50. The van der Waals surface area contributed by atoms with E-state index in [1.165, 1.54) is 22.3 Å². The Hall–Kier alpha value is -4.95. The van der Waals surface area contributed by atoms with Crippen molar-refractivity contribution < 1.29 is 4.42 Å². The van der Waals surface area contributed by atoms with Crippen LogP contribution in [-0.2, 0) is 0 Å². The van der Waals surface area contributed by atoms with E-state index in [9.17, 15) is 0 Å². The van der Waals surface area contributed by atoms with Crippen molar-refractivity contribution in [3.8, 4) is 44.6 Å². The molecule has 2 aromatic heterocycles. The quantitative estimate of drug-likeness (QED) is 0.254. The van der Waals surface area contributed by atoms with Gasteiger partial charge >= 0.3 is 0 Å². The van der Waals surface area contributed by atoms with Crippen LogP contribution in [0.2, 0.25) is 0 Å².